The van der Waals surface area contributed by atoms with Crippen LogP contribution in [-0.4, -0.2) is 23.1 Å². The molecule has 1 saturated heterocycles. The molecule has 0 aromatic heterocycles. The van der Waals surface area contributed by atoms with Crippen LogP contribution in [0.15, 0.2) is 17.0 Å². The topological polar surface area (TPSA) is 44.1 Å². The number of nitriles is 1. The first kappa shape index (κ1) is 16.0. The van der Waals surface area contributed by atoms with Crippen LogP contribution in [0.25, 0.3) is 0 Å². The largest absolute Gasteiger partial charge is 0.369 e. The van der Waals surface area contributed by atoms with E-state index >= 15 is 0 Å². The van der Waals surface area contributed by atoms with Crippen molar-refractivity contribution < 1.29 is 8.60 Å². The summed E-state index contributed by atoms with van der Waals surface area (Å²) in [5.74, 6) is 0.770. The number of hydrogen-bond donors (Lipinski definition) is 0. The van der Waals surface area contributed by atoms with Gasteiger partial charge in [0.15, 0.2) is 0 Å². The molecule has 21 heavy (non-hydrogen) atoms. The third kappa shape index (κ3) is 3.62. The third-order valence-corrected chi connectivity index (χ3v) is 5.54. The maximum Gasteiger partial charge on any atom is 0.147 e. The van der Waals surface area contributed by atoms with Crippen LogP contribution < -0.4 is 4.90 Å². The molecule has 114 valence electrons. The number of anilines is 1. The van der Waals surface area contributed by atoms with E-state index in [4.69, 9.17) is 5.26 Å². The van der Waals surface area contributed by atoms with E-state index in [0.717, 1.165) is 32.4 Å². The Hall–Kier alpha value is -1.41. The molecule has 0 amide bonds. The molecule has 1 atom stereocenters. The molecule has 0 bridgehead atoms. The zero-order valence-electron chi connectivity index (χ0n) is 12.6. The molecule has 0 saturated carbocycles. The monoisotopic (exact) mass is 308 g/mol. The predicted molar refractivity (Wildman–Crippen MR) is 83.3 cm³/mol. The highest BCUT2D eigenvalue weighted by molar-refractivity contribution is 7.85. The van der Waals surface area contributed by atoms with Gasteiger partial charge in [-0.3, -0.25) is 4.21 Å². The lowest BCUT2D eigenvalue weighted by molar-refractivity contribution is 0.434. The summed E-state index contributed by atoms with van der Waals surface area (Å²) in [6.07, 6.45) is 2.84. The lowest BCUT2D eigenvalue weighted by Gasteiger charge is -2.32. The molecule has 1 aliphatic rings. The van der Waals surface area contributed by atoms with Gasteiger partial charge in [0.25, 0.3) is 0 Å². The minimum Gasteiger partial charge on any atom is -0.369 e. The first-order valence-electron chi connectivity index (χ1n) is 7.43. The van der Waals surface area contributed by atoms with Gasteiger partial charge in [0, 0.05) is 18.8 Å². The SMILES string of the molecule is CCCS(=O)c1cc(N2CCC(C)CC2)c(F)cc1C#N. The Bertz CT molecular complexity index is 574. The van der Waals surface area contributed by atoms with E-state index in [1.807, 2.05) is 17.9 Å². The molecular formula is C16H21FN2OS. The zero-order chi connectivity index (χ0) is 15.4. The van der Waals surface area contributed by atoms with E-state index in [1.54, 1.807) is 6.07 Å². The highest BCUT2D eigenvalue weighted by Gasteiger charge is 2.21. The number of benzene rings is 1. The molecule has 1 aliphatic heterocycles. The first-order chi connectivity index (χ1) is 10.1. The molecule has 1 aromatic rings. The molecule has 1 fully saturated rings. The summed E-state index contributed by atoms with van der Waals surface area (Å²) in [5.41, 5.74) is 0.675. The van der Waals surface area contributed by atoms with Gasteiger partial charge in [-0.2, -0.15) is 5.26 Å². The fraction of sp³-hybridized carbons (Fsp3) is 0.562. The van der Waals surface area contributed by atoms with Gasteiger partial charge in [0.1, 0.15) is 11.9 Å². The van der Waals surface area contributed by atoms with Crippen LogP contribution in [0.1, 0.15) is 38.7 Å². The molecular weight excluding hydrogens is 287 g/mol. The van der Waals surface area contributed by atoms with Gasteiger partial charge in [-0.25, -0.2) is 4.39 Å². The van der Waals surface area contributed by atoms with Crippen molar-refractivity contribution in [2.75, 3.05) is 23.7 Å². The maximum atomic E-state index is 14.3. The fourth-order valence-electron chi connectivity index (χ4n) is 2.61. The van der Waals surface area contributed by atoms with Crippen molar-refractivity contribution in [2.24, 2.45) is 5.92 Å². The Morgan fingerprint density at radius 1 is 1.43 bits per heavy atom. The zero-order valence-corrected chi connectivity index (χ0v) is 13.4. The Balaban J connectivity index is 2.36. The van der Waals surface area contributed by atoms with Crippen molar-refractivity contribution in [3.8, 4) is 6.07 Å². The molecule has 2 rings (SSSR count). The van der Waals surface area contributed by atoms with E-state index in [1.165, 1.54) is 6.07 Å². The van der Waals surface area contributed by atoms with Crippen molar-refractivity contribution >= 4 is 16.5 Å². The van der Waals surface area contributed by atoms with Crippen LogP contribution in [0, 0.1) is 23.1 Å². The molecule has 0 aliphatic carbocycles. The summed E-state index contributed by atoms with van der Waals surface area (Å²) in [4.78, 5) is 2.47. The van der Waals surface area contributed by atoms with E-state index < -0.39 is 16.6 Å². The average molecular weight is 308 g/mol. The second-order valence-electron chi connectivity index (χ2n) is 5.63. The van der Waals surface area contributed by atoms with Gasteiger partial charge in [0.2, 0.25) is 0 Å². The molecule has 1 unspecified atom stereocenters. The third-order valence-electron chi connectivity index (χ3n) is 3.93. The van der Waals surface area contributed by atoms with Gasteiger partial charge in [-0.15, -0.1) is 0 Å². The lowest BCUT2D eigenvalue weighted by atomic mass is 9.98. The van der Waals surface area contributed by atoms with Crippen molar-refractivity contribution in [1.29, 1.82) is 5.26 Å². The summed E-state index contributed by atoms with van der Waals surface area (Å²) in [6.45, 7) is 5.77. The minimum atomic E-state index is -1.24. The Morgan fingerprint density at radius 3 is 2.67 bits per heavy atom. The number of piperidine rings is 1. The van der Waals surface area contributed by atoms with Crippen LogP contribution in [0.4, 0.5) is 10.1 Å². The van der Waals surface area contributed by atoms with Gasteiger partial charge in [0.05, 0.1) is 26.9 Å². The van der Waals surface area contributed by atoms with Gasteiger partial charge >= 0.3 is 0 Å². The second kappa shape index (κ2) is 7.04. The highest BCUT2D eigenvalue weighted by Crippen LogP contribution is 2.29. The summed E-state index contributed by atoms with van der Waals surface area (Å²) < 4.78 is 26.5. The van der Waals surface area contributed by atoms with Crippen LogP contribution in [0.2, 0.25) is 0 Å². The summed E-state index contributed by atoms with van der Waals surface area (Å²) in [5, 5.41) is 9.13. The van der Waals surface area contributed by atoms with Gasteiger partial charge < -0.3 is 4.90 Å². The summed E-state index contributed by atoms with van der Waals surface area (Å²) in [6, 6.07) is 4.81. The van der Waals surface area contributed by atoms with Crippen molar-refractivity contribution in [1.82, 2.24) is 0 Å². The fourth-order valence-corrected chi connectivity index (χ4v) is 3.79. The van der Waals surface area contributed by atoms with Crippen LogP contribution in [0.5, 0.6) is 0 Å². The van der Waals surface area contributed by atoms with Crippen molar-refractivity contribution in [3.05, 3.63) is 23.5 Å². The highest BCUT2D eigenvalue weighted by atomic mass is 32.2. The molecule has 0 N–H and O–H groups in total. The number of hydrogen-bond acceptors (Lipinski definition) is 3. The van der Waals surface area contributed by atoms with Crippen LogP contribution >= 0.6 is 0 Å². The smallest absolute Gasteiger partial charge is 0.147 e. The Kier molecular flexibility index (Phi) is 5.35. The van der Waals surface area contributed by atoms with E-state index in [9.17, 15) is 8.60 Å². The van der Waals surface area contributed by atoms with Crippen molar-refractivity contribution in [2.45, 2.75) is 38.0 Å². The Morgan fingerprint density at radius 2 is 2.10 bits per heavy atom. The van der Waals surface area contributed by atoms with E-state index in [2.05, 4.69) is 6.92 Å². The lowest BCUT2D eigenvalue weighted by Crippen LogP contribution is -2.33. The molecule has 1 aromatic carbocycles. The molecule has 0 radical (unpaired) electrons. The molecule has 3 nitrogen and oxygen atoms in total. The number of nitrogens with zero attached hydrogens (tertiary/aromatic N) is 2. The second-order valence-corrected chi connectivity index (χ2v) is 7.17. The average Bonchev–Trinajstić information content (AvgIpc) is 2.48. The summed E-state index contributed by atoms with van der Waals surface area (Å²) in [7, 11) is -1.24. The first-order valence-corrected chi connectivity index (χ1v) is 8.75. The molecule has 1 heterocycles. The van der Waals surface area contributed by atoms with Crippen LogP contribution in [0.3, 0.4) is 0 Å². The standard InChI is InChI=1S/C16H21FN2OS/c1-3-8-21(20)16-10-15(14(17)9-13(16)11-18)19-6-4-12(2)5-7-19/h9-10,12H,3-8H2,1-2H3. The van der Waals surface area contributed by atoms with Crippen LogP contribution in [-0.2, 0) is 10.8 Å². The quantitative estimate of drug-likeness (QED) is 0.855. The number of rotatable bonds is 4. The van der Waals surface area contributed by atoms with Crippen molar-refractivity contribution in [3.63, 3.8) is 0 Å². The summed E-state index contributed by atoms with van der Waals surface area (Å²) >= 11 is 0. The Labute approximate surface area is 128 Å². The van der Waals surface area contributed by atoms with Gasteiger partial charge in [-0.05, 0) is 37.3 Å². The minimum absolute atomic E-state index is 0.188. The van der Waals surface area contributed by atoms with Gasteiger partial charge in [-0.1, -0.05) is 13.8 Å². The molecule has 5 heteroatoms. The molecule has 0 spiro atoms. The van der Waals surface area contributed by atoms with E-state index in [-0.39, 0.29) is 5.56 Å². The number of halogens is 1. The normalized spacial score (nSPS) is 17.5. The predicted octanol–water partition coefficient (Wildman–Crippen LogP) is 3.45. The maximum absolute atomic E-state index is 14.3. The van der Waals surface area contributed by atoms with E-state index in [0.29, 0.717) is 22.3 Å².